The van der Waals surface area contributed by atoms with E-state index in [1.54, 1.807) is 19.2 Å². The second-order valence-electron chi connectivity index (χ2n) is 8.50. The van der Waals surface area contributed by atoms with Crippen molar-refractivity contribution in [2.45, 2.75) is 39.2 Å². The van der Waals surface area contributed by atoms with Gasteiger partial charge in [0.05, 0.1) is 23.8 Å². The number of carbonyl (C=O) groups excluding carboxylic acids is 1. The van der Waals surface area contributed by atoms with Gasteiger partial charge in [0.25, 0.3) is 11.7 Å². The van der Waals surface area contributed by atoms with Gasteiger partial charge in [-0.3, -0.25) is 14.9 Å². The molecule has 4 N–H and O–H groups in total. The summed E-state index contributed by atoms with van der Waals surface area (Å²) in [6.45, 7) is 7.97. The molecule has 0 aliphatic rings. The fraction of sp³-hybridized carbons (Fsp3) is 0.300. The highest BCUT2D eigenvalue weighted by atomic mass is 16.5. The van der Waals surface area contributed by atoms with Crippen molar-refractivity contribution < 1.29 is 14.3 Å². The molecular formula is C20H21N10O2+. The molecule has 32 heavy (non-hydrogen) atoms. The molecular weight excluding hydrogens is 412 g/mol. The van der Waals surface area contributed by atoms with Crippen LogP contribution in [0.2, 0.25) is 0 Å². The molecule has 5 aromatic rings. The Labute approximate surface area is 181 Å². The Kier molecular flexibility index (Phi) is 4.43. The second-order valence-corrected chi connectivity index (χ2v) is 8.50. The third-order valence-electron chi connectivity index (χ3n) is 4.98. The fourth-order valence-corrected chi connectivity index (χ4v) is 3.24. The summed E-state index contributed by atoms with van der Waals surface area (Å²) in [7, 11) is 0. The summed E-state index contributed by atoms with van der Waals surface area (Å²) < 4.78 is 5.47. The average Bonchev–Trinajstić information content (AvgIpc) is 3.50. The molecule has 0 unspecified atom stereocenters. The molecule has 0 radical (unpaired) electrons. The number of aromatic nitrogens is 9. The number of nitrogens with zero attached hydrogens (tertiary/aromatic N) is 6. The fourth-order valence-electron chi connectivity index (χ4n) is 3.24. The van der Waals surface area contributed by atoms with Gasteiger partial charge in [0.1, 0.15) is 12.0 Å². The first kappa shape index (κ1) is 19.7. The number of imidazole rings is 1. The first-order valence-electron chi connectivity index (χ1n) is 10.00. The first-order chi connectivity index (χ1) is 15.3. The minimum Gasteiger partial charge on any atom is -0.358 e. The molecule has 5 rings (SSSR count). The zero-order valence-corrected chi connectivity index (χ0v) is 17.9. The molecule has 0 saturated heterocycles. The van der Waals surface area contributed by atoms with Gasteiger partial charge in [0.15, 0.2) is 22.6 Å². The van der Waals surface area contributed by atoms with Crippen LogP contribution in [0.1, 0.15) is 55.8 Å². The van der Waals surface area contributed by atoms with E-state index < -0.39 is 6.04 Å². The van der Waals surface area contributed by atoms with Crippen LogP contribution in [0.15, 0.2) is 29.3 Å². The molecule has 162 valence electrons. The zero-order chi connectivity index (χ0) is 22.5. The van der Waals surface area contributed by atoms with Gasteiger partial charge < -0.3 is 9.84 Å². The molecule has 0 aliphatic heterocycles. The Bertz CT molecular complexity index is 1440. The molecule has 5 heterocycles. The maximum Gasteiger partial charge on any atom is 0.303 e. The summed E-state index contributed by atoms with van der Waals surface area (Å²) in [6, 6.07) is 1.30. The van der Waals surface area contributed by atoms with Gasteiger partial charge in [-0.25, -0.2) is 19.9 Å². The third-order valence-corrected chi connectivity index (χ3v) is 4.98. The highest BCUT2D eigenvalue weighted by Crippen LogP contribution is 2.23. The van der Waals surface area contributed by atoms with Crippen molar-refractivity contribution in [2.75, 3.05) is 0 Å². The number of carbonyl (C=O) groups is 1. The maximum atomic E-state index is 12.7. The van der Waals surface area contributed by atoms with Crippen LogP contribution >= 0.6 is 0 Å². The third kappa shape index (κ3) is 3.45. The molecule has 1 atom stereocenters. The lowest BCUT2D eigenvalue weighted by Gasteiger charge is -2.11. The number of fused-ring (bicyclic) bond motifs is 2. The predicted octanol–water partition coefficient (Wildman–Crippen LogP) is 1.88. The Morgan fingerprint density at radius 3 is 2.88 bits per heavy atom. The summed E-state index contributed by atoms with van der Waals surface area (Å²) in [4.78, 5) is 36.3. The quantitative estimate of drug-likeness (QED) is 0.386. The van der Waals surface area contributed by atoms with Gasteiger partial charge in [-0.2, -0.15) is 5.10 Å². The molecule has 12 nitrogen and oxygen atoms in total. The normalized spacial score (nSPS) is 13.0. The largest absolute Gasteiger partial charge is 0.358 e. The Balaban J connectivity index is 1.37. The van der Waals surface area contributed by atoms with Crippen molar-refractivity contribution in [1.29, 1.82) is 0 Å². The highest BCUT2D eigenvalue weighted by molar-refractivity contribution is 6.03. The van der Waals surface area contributed by atoms with Crippen molar-refractivity contribution in [3.8, 4) is 11.5 Å². The molecule has 12 heteroatoms. The van der Waals surface area contributed by atoms with Crippen LogP contribution in [0.4, 0.5) is 0 Å². The number of hydrogen-bond donors (Lipinski definition) is 3. The SMILES string of the molecule is C[C@@H](NC(=O)c1ncnc2[nH]ncc12)c1cc(-c2[nH]c3cnc(C(C)(C)C)nc3[nH+]2)no1. The van der Waals surface area contributed by atoms with Crippen molar-refractivity contribution in [3.05, 3.63) is 42.1 Å². The van der Waals surface area contributed by atoms with Crippen molar-refractivity contribution in [2.24, 2.45) is 0 Å². The number of rotatable bonds is 4. The minimum absolute atomic E-state index is 0.167. The van der Waals surface area contributed by atoms with Gasteiger partial charge in [-0.05, 0) is 6.92 Å². The van der Waals surface area contributed by atoms with Crippen LogP contribution in [-0.4, -0.2) is 46.2 Å². The molecule has 5 aromatic heterocycles. The van der Waals surface area contributed by atoms with Crippen LogP contribution in [-0.2, 0) is 5.41 Å². The van der Waals surface area contributed by atoms with Crippen LogP contribution in [0, 0.1) is 0 Å². The van der Waals surface area contributed by atoms with E-state index in [-0.39, 0.29) is 17.0 Å². The number of amides is 1. The Morgan fingerprint density at radius 1 is 1.22 bits per heavy atom. The van der Waals surface area contributed by atoms with E-state index in [1.165, 1.54) is 12.5 Å². The summed E-state index contributed by atoms with van der Waals surface area (Å²) in [6.07, 6.45) is 4.57. The first-order valence-corrected chi connectivity index (χ1v) is 10.00. The van der Waals surface area contributed by atoms with Crippen molar-refractivity contribution in [1.82, 2.24) is 45.6 Å². The van der Waals surface area contributed by atoms with E-state index in [1.807, 2.05) is 0 Å². The Morgan fingerprint density at radius 2 is 2.06 bits per heavy atom. The smallest absolute Gasteiger partial charge is 0.303 e. The van der Waals surface area contributed by atoms with Gasteiger partial charge in [-0.1, -0.05) is 30.9 Å². The van der Waals surface area contributed by atoms with E-state index in [0.717, 1.165) is 11.3 Å². The van der Waals surface area contributed by atoms with Crippen molar-refractivity contribution in [3.63, 3.8) is 0 Å². The van der Waals surface area contributed by atoms with E-state index in [0.29, 0.717) is 34.0 Å². The van der Waals surface area contributed by atoms with Crippen LogP contribution in [0.5, 0.6) is 0 Å². The van der Waals surface area contributed by atoms with Crippen LogP contribution in [0.3, 0.4) is 0 Å². The zero-order valence-electron chi connectivity index (χ0n) is 17.9. The maximum absolute atomic E-state index is 12.7. The number of aromatic amines is 3. The van der Waals surface area contributed by atoms with Gasteiger partial charge in [0, 0.05) is 11.5 Å². The molecule has 0 aliphatic carbocycles. The van der Waals surface area contributed by atoms with Gasteiger partial charge in [0.2, 0.25) is 5.82 Å². The van der Waals surface area contributed by atoms with Crippen molar-refractivity contribution >= 4 is 28.1 Å². The lowest BCUT2D eigenvalue weighted by molar-refractivity contribution is -0.334. The highest BCUT2D eigenvalue weighted by Gasteiger charge is 2.25. The van der Waals surface area contributed by atoms with E-state index in [4.69, 9.17) is 4.52 Å². The Hall–Kier alpha value is -4.22. The van der Waals surface area contributed by atoms with E-state index in [2.05, 4.69) is 71.3 Å². The molecule has 0 aromatic carbocycles. The summed E-state index contributed by atoms with van der Waals surface area (Å²) in [5.41, 5.74) is 2.54. The lowest BCUT2D eigenvalue weighted by atomic mass is 9.96. The molecule has 1 amide bonds. The van der Waals surface area contributed by atoms with Gasteiger partial charge in [-0.15, -0.1) is 0 Å². The summed E-state index contributed by atoms with van der Waals surface area (Å²) >= 11 is 0. The molecule has 0 saturated carbocycles. The average molecular weight is 433 g/mol. The predicted molar refractivity (Wildman–Crippen MR) is 112 cm³/mol. The minimum atomic E-state index is -0.447. The number of nitrogens with one attached hydrogen (secondary N) is 4. The molecule has 0 spiro atoms. The lowest BCUT2D eigenvalue weighted by Crippen LogP contribution is -2.27. The summed E-state index contributed by atoms with van der Waals surface area (Å²) in [5, 5.41) is 14.1. The summed E-state index contributed by atoms with van der Waals surface area (Å²) in [5.74, 6) is 1.48. The van der Waals surface area contributed by atoms with Crippen LogP contribution in [0.25, 0.3) is 33.7 Å². The number of hydrogen-bond acceptors (Lipinski definition) is 8. The topological polar surface area (TPSA) is 165 Å². The van der Waals surface area contributed by atoms with Crippen LogP contribution < -0.4 is 10.3 Å². The molecule has 0 fully saturated rings. The molecule has 0 bridgehead atoms. The second kappa shape index (κ2) is 7.18. The standard InChI is InChI=1S/C20H20N10O2/c1-9(25-18(31)14-10-6-24-29-15(10)23-8-22-14)13-5-11(30-32-13)16-26-12-7-21-19(20(2,3)4)28-17(12)27-16/h5-9H,1-4H3,(H,25,31)(H,21,26,27,28)(H,22,23,24,29)/p+1/t9-/m1/s1. The number of H-pyrrole nitrogens is 3. The monoisotopic (exact) mass is 433 g/mol. The van der Waals surface area contributed by atoms with E-state index in [9.17, 15) is 4.79 Å². The van der Waals surface area contributed by atoms with Gasteiger partial charge >= 0.3 is 5.65 Å². The van der Waals surface area contributed by atoms with E-state index >= 15 is 0 Å².